The Morgan fingerprint density at radius 2 is 1.69 bits per heavy atom. The van der Waals surface area contributed by atoms with E-state index in [0.29, 0.717) is 5.92 Å². The largest absolute Gasteiger partial charge is 0.346 e. The second kappa shape index (κ2) is 7.58. The molecule has 0 heterocycles. The van der Waals surface area contributed by atoms with Crippen molar-refractivity contribution in [1.82, 2.24) is 0 Å². The van der Waals surface area contributed by atoms with Gasteiger partial charge in [-0.05, 0) is 18.8 Å². The molecule has 0 radical (unpaired) electrons. The summed E-state index contributed by atoms with van der Waals surface area (Å²) in [6.45, 7) is 6.34. The Bertz CT molecular complexity index is 148. The van der Waals surface area contributed by atoms with Crippen molar-refractivity contribution in [1.29, 1.82) is 0 Å². The zero-order chi connectivity index (χ0) is 10.3. The minimum Gasteiger partial charge on any atom is -0.346 e. The van der Waals surface area contributed by atoms with E-state index in [1.807, 2.05) is 0 Å². The van der Waals surface area contributed by atoms with Crippen LogP contribution in [0.4, 0.5) is 0 Å². The molecule has 0 aliphatic heterocycles. The molecule has 0 aliphatic carbocycles. The van der Waals surface area contributed by atoms with Gasteiger partial charge in [-0.2, -0.15) is 0 Å². The van der Waals surface area contributed by atoms with Gasteiger partial charge in [0.05, 0.1) is 0 Å². The summed E-state index contributed by atoms with van der Waals surface area (Å²) in [5.74, 6) is 0.460. The van der Waals surface area contributed by atoms with Crippen molar-refractivity contribution in [2.24, 2.45) is 5.92 Å². The lowest BCUT2D eigenvalue weighted by atomic mass is 9.94. The Morgan fingerprint density at radius 1 is 1.15 bits per heavy atom. The molecular weight excluding hydrogens is 183 g/mol. The smallest absolute Gasteiger partial charge is 0.192 e. The van der Waals surface area contributed by atoms with Crippen molar-refractivity contribution in [2.45, 2.75) is 58.5 Å². The fourth-order valence-electron chi connectivity index (χ4n) is 1.93. The molecule has 80 valence electrons. The lowest BCUT2D eigenvalue weighted by Gasteiger charge is -2.22. The van der Waals surface area contributed by atoms with Gasteiger partial charge in [0.1, 0.15) is 0 Å². The molecule has 3 unspecified atom stereocenters. The molecule has 0 bridgehead atoms. The van der Waals surface area contributed by atoms with Gasteiger partial charge in [0.2, 0.25) is 0 Å². The average molecular weight is 206 g/mol. The van der Waals surface area contributed by atoms with Crippen molar-refractivity contribution >= 4 is 8.03 Å². The van der Waals surface area contributed by atoms with Crippen LogP contribution in [0.3, 0.4) is 0 Å². The first-order valence-electron chi connectivity index (χ1n) is 5.40. The number of hydrogen-bond donors (Lipinski definition) is 1. The minimum atomic E-state index is -2.32. The predicted molar refractivity (Wildman–Crippen MR) is 58.6 cm³/mol. The van der Waals surface area contributed by atoms with Crippen molar-refractivity contribution in [2.75, 3.05) is 0 Å². The van der Waals surface area contributed by atoms with E-state index >= 15 is 0 Å². The summed E-state index contributed by atoms with van der Waals surface area (Å²) in [6, 6.07) is 0. The summed E-state index contributed by atoms with van der Waals surface area (Å²) in [7, 11) is -2.32. The zero-order valence-electron chi connectivity index (χ0n) is 9.05. The van der Waals surface area contributed by atoms with Crippen LogP contribution >= 0.6 is 8.03 Å². The fourth-order valence-corrected chi connectivity index (χ4v) is 3.27. The van der Waals surface area contributed by atoms with Crippen LogP contribution in [0.5, 0.6) is 0 Å². The highest BCUT2D eigenvalue weighted by Gasteiger charge is 2.22. The quantitative estimate of drug-likeness (QED) is 0.648. The monoisotopic (exact) mass is 206 g/mol. The van der Waals surface area contributed by atoms with Crippen LogP contribution < -0.4 is 0 Å². The second-order valence-corrected chi connectivity index (χ2v) is 5.11. The van der Waals surface area contributed by atoms with Crippen LogP contribution in [0.1, 0.15) is 52.9 Å². The maximum Gasteiger partial charge on any atom is 0.192 e. The van der Waals surface area contributed by atoms with Crippen LogP contribution in [0.15, 0.2) is 0 Å². The summed E-state index contributed by atoms with van der Waals surface area (Å²) < 4.78 is 11.1. The van der Waals surface area contributed by atoms with Crippen LogP contribution in [-0.4, -0.2) is 10.6 Å². The molecule has 0 aliphatic rings. The molecule has 0 saturated heterocycles. The topological polar surface area (TPSA) is 37.3 Å². The normalized spacial score (nSPS) is 18.2. The van der Waals surface area contributed by atoms with Crippen molar-refractivity contribution < 1.29 is 9.46 Å². The molecule has 3 atom stereocenters. The molecule has 0 spiro atoms. The molecular formula is C10H23O2P. The summed E-state index contributed by atoms with van der Waals surface area (Å²) >= 11 is 0. The van der Waals surface area contributed by atoms with Crippen LogP contribution in [-0.2, 0) is 4.57 Å². The van der Waals surface area contributed by atoms with Crippen molar-refractivity contribution in [3.05, 3.63) is 0 Å². The number of rotatable bonds is 7. The van der Waals surface area contributed by atoms with E-state index in [2.05, 4.69) is 20.8 Å². The third kappa shape index (κ3) is 4.83. The van der Waals surface area contributed by atoms with Gasteiger partial charge >= 0.3 is 0 Å². The molecule has 0 fully saturated rings. The standard InChI is InChI=1S/C10H23O2P/c1-4-7-9(6-3)10(8-5-2)13(11)12/h9-10,13H,4-8H2,1-3H3,(H,11,12). The highest BCUT2D eigenvalue weighted by molar-refractivity contribution is 7.38. The van der Waals surface area contributed by atoms with Crippen LogP contribution in [0.2, 0.25) is 0 Å². The van der Waals surface area contributed by atoms with E-state index in [-0.39, 0.29) is 5.66 Å². The van der Waals surface area contributed by atoms with Gasteiger partial charge in [0.15, 0.2) is 8.03 Å². The molecule has 0 amide bonds. The van der Waals surface area contributed by atoms with Crippen molar-refractivity contribution in [3.8, 4) is 0 Å². The highest BCUT2D eigenvalue weighted by Crippen LogP contribution is 2.36. The molecule has 2 nitrogen and oxygen atoms in total. The second-order valence-electron chi connectivity index (χ2n) is 3.69. The Hall–Kier alpha value is 0.190. The van der Waals surface area contributed by atoms with Crippen LogP contribution in [0, 0.1) is 5.92 Å². The van der Waals surface area contributed by atoms with Gasteiger partial charge in [-0.1, -0.05) is 40.0 Å². The van der Waals surface area contributed by atoms with E-state index in [0.717, 1.165) is 32.1 Å². The van der Waals surface area contributed by atoms with E-state index in [1.165, 1.54) is 0 Å². The van der Waals surface area contributed by atoms with E-state index in [4.69, 9.17) is 0 Å². The number of hydrogen-bond acceptors (Lipinski definition) is 1. The summed E-state index contributed by atoms with van der Waals surface area (Å²) in [6.07, 6.45) is 5.18. The minimum absolute atomic E-state index is 0.0694. The molecule has 3 heteroatoms. The first-order chi connectivity index (χ1) is 6.17. The Labute approximate surface area is 82.6 Å². The summed E-state index contributed by atoms with van der Waals surface area (Å²) in [5, 5.41) is 0. The molecule has 0 rings (SSSR count). The fraction of sp³-hybridized carbons (Fsp3) is 1.00. The first-order valence-corrected chi connectivity index (χ1v) is 6.83. The SMILES string of the molecule is CCCC(CC)C(CCC)[PH](=O)O. The molecule has 0 aromatic carbocycles. The van der Waals surface area contributed by atoms with Gasteiger partial charge in [-0.25, -0.2) is 0 Å². The van der Waals surface area contributed by atoms with E-state index in [1.54, 1.807) is 0 Å². The maximum absolute atomic E-state index is 11.1. The first kappa shape index (κ1) is 13.2. The van der Waals surface area contributed by atoms with Gasteiger partial charge in [-0.15, -0.1) is 0 Å². The molecule has 1 N–H and O–H groups in total. The zero-order valence-corrected chi connectivity index (χ0v) is 10.0. The Kier molecular flexibility index (Phi) is 7.69. The molecule has 0 aromatic rings. The molecule has 13 heavy (non-hydrogen) atoms. The van der Waals surface area contributed by atoms with E-state index in [9.17, 15) is 9.46 Å². The molecule has 0 saturated carbocycles. The van der Waals surface area contributed by atoms with Gasteiger partial charge in [0.25, 0.3) is 0 Å². The lowest BCUT2D eigenvalue weighted by molar-refractivity contribution is 0.388. The summed E-state index contributed by atoms with van der Waals surface area (Å²) in [4.78, 5) is 9.22. The van der Waals surface area contributed by atoms with Gasteiger partial charge < -0.3 is 4.89 Å². The molecule has 0 aromatic heterocycles. The van der Waals surface area contributed by atoms with Crippen LogP contribution in [0.25, 0.3) is 0 Å². The Morgan fingerprint density at radius 3 is 2.00 bits per heavy atom. The van der Waals surface area contributed by atoms with Gasteiger partial charge in [0, 0.05) is 5.66 Å². The Balaban J connectivity index is 4.20. The summed E-state index contributed by atoms with van der Waals surface area (Å²) in [5.41, 5.74) is 0.0694. The van der Waals surface area contributed by atoms with Crippen molar-refractivity contribution in [3.63, 3.8) is 0 Å². The average Bonchev–Trinajstić information content (AvgIpc) is 2.10. The third-order valence-corrected chi connectivity index (χ3v) is 4.06. The third-order valence-electron chi connectivity index (χ3n) is 2.67. The lowest BCUT2D eigenvalue weighted by Crippen LogP contribution is -2.16. The highest BCUT2D eigenvalue weighted by atomic mass is 31.1. The predicted octanol–water partition coefficient (Wildman–Crippen LogP) is 3.45. The van der Waals surface area contributed by atoms with E-state index < -0.39 is 8.03 Å². The maximum atomic E-state index is 11.1. The van der Waals surface area contributed by atoms with Gasteiger partial charge in [-0.3, -0.25) is 4.57 Å².